The first kappa shape index (κ1) is 12.1. The number of hydrogen-bond acceptors (Lipinski definition) is 2. The number of benzene rings is 2. The van der Waals surface area contributed by atoms with Crippen LogP contribution in [0.15, 0.2) is 46.9 Å². The highest BCUT2D eigenvalue weighted by Crippen LogP contribution is 2.27. The van der Waals surface area contributed by atoms with Crippen LogP contribution in [0.4, 0.5) is 4.39 Å². The SMILES string of the molecule is Oc1ccc(C(O)c2cc(Br)ccc2F)cc1. The molecule has 2 N–H and O–H groups in total. The average Bonchev–Trinajstić information content (AvgIpc) is 2.32. The quantitative estimate of drug-likeness (QED) is 0.892. The van der Waals surface area contributed by atoms with E-state index in [-0.39, 0.29) is 11.3 Å². The lowest BCUT2D eigenvalue weighted by Gasteiger charge is -2.12. The summed E-state index contributed by atoms with van der Waals surface area (Å²) in [6, 6.07) is 10.4. The van der Waals surface area contributed by atoms with E-state index in [4.69, 9.17) is 5.11 Å². The minimum atomic E-state index is -1.05. The van der Waals surface area contributed by atoms with Gasteiger partial charge in [0.15, 0.2) is 0 Å². The lowest BCUT2D eigenvalue weighted by atomic mass is 10.0. The van der Waals surface area contributed by atoms with Crippen LogP contribution in [0.2, 0.25) is 0 Å². The van der Waals surface area contributed by atoms with Crippen LogP contribution in [0.5, 0.6) is 5.75 Å². The van der Waals surface area contributed by atoms with E-state index in [0.29, 0.717) is 10.0 Å². The van der Waals surface area contributed by atoms with Crippen molar-refractivity contribution < 1.29 is 14.6 Å². The van der Waals surface area contributed by atoms with E-state index >= 15 is 0 Å². The molecule has 0 aliphatic rings. The van der Waals surface area contributed by atoms with E-state index in [1.54, 1.807) is 18.2 Å². The Kier molecular flexibility index (Phi) is 3.45. The molecule has 0 aliphatic heterocycles. The fourth-order valence-electron chi connectivity index (χ4n) is 1.56. The second-order valence-electron chi connectivity index (χ2n) is 3.66. The van der Waals surface area contributed by atoms with Gasteiger partial charge in [-0.2, -0.15) is 0 Å². The summed E-state index contributed by atoms with van der Waals surface area (Å²) in [6.45, 7) is 0. The van der Waals surface area contributed by atoms with E-state index < -0.39 is 11.9 Å². The Morgan fingerprint density at radius 3 is 2.35 bits per heavy atom. The van der Waals surface area contributed by atoms with Gasteiger partial charge in [0.25, 0.3) is 0 Å². The van der Waals surface area contributed by atoms with Crippen LogP contribution in [0, 0.1) is 5.82 Å². The van der Waals surface area contributed by atoms with Gasteiger partial charge in [-0.3, -0.25) is 0 Å². The Balaban J connectivity index is 2.39. The molecule has 0 amide bonds. The number of aliphatic hydroxyl groups is 1. The van der Waals surface area contributed by atoms with E-state index in [1.165, 1.54) is 24.3 Å². The van der Waals surface area contributed by atoms with Crippen molar-refractivity contribution in [3.8, 4) is 5.75 Å². The molecular weight excluding hydrogens is 287 g/mol. The molecule has 1 unspecified atom stereocenters. The number of phenolic OH excluding ortho intramolecular Hbond substituents is 1. The predicted molar refractivity (Wildman–Crippen MR) is 66.3 cm³/mol. The fraction of sp³-hybridized carbons (Fsp3) is 0.0769. The summed E-state index contributed by atoms with van der Waals surface area (Å²) in [6.07, 6.45) is -1.05. The molecule has 0 radical (unpaired) electrons. The van der Waals surface area contributed by atoms with Crippen molar-refractivity contribution >= 4 is 15.9 Å². The highest BCUT2D eigenvalue weighted by atomic mass is 79.9. The van der Waals surface area contributed by atoms with Crippen LogP contribution in [-0.4, -0.2) is 10.2 Å². The minimum Gasteiger partial charge on any atom is -0.508 e. The van der Waals surface area contributed by atoms with Gasteiger partial charge in [0, 0.05) is 10.0 Å². The average molecular weight is 297 g/mol. The molecule has 2 aromatic carbocycles. The van der Waals surface area contributed by atoms with Crippen molar-refractivity contribution in [2.45, 2.75) is 6.10 Å². The first-order chi connectivity index (χ1) is 8.08. The van der Waals surface area contributed by atoms with Gasteiger partial charge in [0.05, 0.1) is 0 Å². The molecule has 2 rings (SSSR count). The predicted octanol–water partition coefficient (Wildman–Crippen LogP) is 3.38. The molecule has 2 nitrogen and oxygen atoms in total. The Morgan fingerprint density at radius 1 is 1.06 bits per heavy atom. The van der Waals surface area contributed by atoms with Gasteiger partial charge >= 0.3 is 0 Å². The maximum absolute atomic E-state index is 13.6. The van der Waals surface area contributed by atoms with Crippen LogP contribution in [0.3, 0.4) is 0 Å². The molecule has 2 aromatic rings. The smallest absolute Gasteiger partial charge is 0.129 e. The van der Waals surface area contributed by atoms with Crippen LogP contribution in [0.25, 0.3) is 0 Å². The van der Waals surface area contributed by atoms with E-state index in [1.807, 2.05) is 0 Å². The number of hydrogen-bond donors (Lipinski definition) is 2. The molecule has 0 fully saturated rings. The Labute approximate surface area is 106 Å². The molecule has 4 heteroatoms. The van der Waals surface area contributed by atoms with Crippen LogP contribution >= 0.6 is 15.9 Å². The second-order valence-corrected chi connectivity index (χ2v) is 4.58. The van der Waals surface area contributed by atoms with Crippen molar-refractivity contribution in [1.82, 2.24) is 0 Å². The zero-order chi connectivity index (χ0) is 12.4. The molecule has 17 heavy (non-hydrogen) atoms. The molecule has 0 saturated heterocycles. The number of phenols is 1. The van der Waals surface area contributed by atoms with E-state index in [2.05, 4.69) is 15.9 Å². The summed E-state index contributed by atoms with van der Waals surface area (Å²) in [4.78, 5) is 0. The van der Waals surface area contributed by atoms with Crippen molar-refractivity contribution in [2.75, 3.05) is 0 Å². The summed E-state index contributed by atoms with van der Waals surface area (Å²) in [5, 5.41) is 19.2. The van der Waals surface area contributed by atoms with Gasteiger partial charge < -0.3 is 10.2 Å². The van der Waals surface area contributed by atoms with Gasteiger partial charge in [0.1, 0.15) is 17.7 Å². The molecular formula is C13H10BrFO2. The van der Waals surface area contributed by atoms with Gasteiger partial charge in [-0.1, -0.05) is 28.1 Å². The van der Waals surface area contributed by atoms with E-state index in [9.17, 15) is 9.50 Å². The summed E-state index contributed by atoms with van der Waals surface area (Å²) in [7, 11) is 0. The zero-order valence-corrected chi connectivity index (χ0v) is 10.4. The first-order valence-electron chi connectivity index (χ1n) is 5.00. The molecule has 0 saturated carbocycles. The van der Waals surface area contributed by atoms with Gasteiger partial charge in [-0.05, 0) is 35.9 Å². The zero-order valence-electron chi connectivity index (χ0n) is 8.77. The van der Waals surface area contributed by atoms with Gasteiger partial charge in [-0.15, -0.1) is 0 Å². The van der Waals surface area contributed by atoms with E-state index in [0.717, 1.165) is 0 Å². The molecule has 0 aromatic heterocycles. The first-order valence-corrected chi connectivity index (χ1v) is 5.79. The number of rotatable bonds is 2. The third-order valence-electron chi connectivity index (χ3n) is 2.46. The summed E-state index contributed by atoms with van der Waals surface area (Å²) in [5.74, 6) is -0.357. The minimum absolute atomic E-state index is 0.107. The van der Waals surface area contributed by atoms with Crippen molar-refractivity contribution in [2.24, 2.45) is 0 Å². The number of aliphatic hydroxyl groups excluding tert-OH is 1. The maximum Gasteiger partial charge on any atom is 0.129 e. The van der Waals surface area contributed by atoms with Crippen LogP contribution in [0.1, 0.15) is 17.2 Å². The lowest BCUT2D eigenvalue weighted by molar-refractivity contribution is 0.215. The second kappa shape index (κ2) is 4.85. The number of halogens is 2. The van der Waals surface area contributed by atoms with Gasteiger partial charge in [-0.25, -0.2) is 4.39 Å². The Hall–Kier alpha value is -1.39. The summed E-state index contributed by atoms with van der Waals surface area (Å²) >= 11 is 3.23. The molecule has 88 valence electrons. The Bertz CT molecular complexity index is 525. The highest BCUT2D eigenvalue weighted by molar-refractivity contribution is 9.10. The van der Waals surface area contributed by atoms with Crippen LogP contribution in [-0.2, 0) is 0 Å². The monoisotopic (exact) mass is 296 g/mol. The molecule has 0 spiro atoms. The third kappa shape index (κ3) is 2.65. The standard InChI is InChI=1S/C13H10BrFO2/c14-9-3-6-12(15)11(7-9)13(17)8-1-4-10(16)5-2-8/h1-7,13,16-17H. The van der Waals surface area contributed by atoms with Crippen molar-refractivity contribution in [3.05, 3.63) is 63.9 Å². The summed E-state index contributed by atoms with van der Waals surface area (Å²) < 4.78 is 14.3. The summed E-state index contributed by atoms with van der Waals surface area (Å²) in [5.41, 5.74) is 0.727. The van der Waals surface area contributed by atoms with Crippen molar-refractivity contribution in [1.29, 1.82) is 0 Å². The third-order valence-corrected chi connectivity index (χ3v) is 2.95. The maximum atomic E-state index is 13.6. The molecule has 0 aliphatic carbocycles. The highest BCUT2D eigenvalue weighted by Gasteiger charge is 2.15. The molecule has 0 heterocycles. The van der Waals surface area contributed by atoms with Crippen LogP contribution < -0.4 is 0 Å². The largest absolute Gasteiger partial charge is 0.508 e. The number of aromatic hydroxyl groups is 1. The lowest BCUT2D eigenvalue weighted by Crippen LogP contribution is -2.02. The Morgan fingerprint density at radius 2 is 1.71 bits per heavy atom. The fourth-order valence-corrected chi connectivity index (χ4v) is 1.94. The molecule has 1 atom stereocenters. The molecule has 0 bridgehead atoms. The van der Waals surface area contributed by atoms with Crippen molar-refractivity contribution in [3.63, 3.8) is 0 Å². The normalized spacial score (nSPS) is 12.4. The topological polar surface area (TPSA) is 40.5 Å². The van der Waals surface area contributed by atoms with Gasteiger partial charge in [0.2, 0.25) is 0 Å².